The molecule has 0 spiro atoms. The molecule has 4 nitrogen and oxygen atoms in total. The summed E-state index contributed by atoms with van der Waals surface area (Å²) >= 11 is 0. The number of likely N-dealkylation sites (tertiary alicyclic amines) is 1. The van der Waals surface area contributed by atoms with Crippen LogP contribution in [0.1, 0.15) is 34.9 Å². The summed E-state index contributed by atoms with van der Waals surface area (Å²) in [5.74, 6) is 0.509. The van der Waals surface area contributed by atoms with E-state index in [-0.39, 0.29) is 0 Å². The number of carbonyl (C=O) groups is 1. The first-order chi connectivity index (χ1) is 6.79. The number of piperidine rings is 1. The molecule has 14 heavy (non-hydrogen) atoms. The zero-order valence-corrected chi connectivity index (χ0v) is 8.36. The van der Waals surface area contributed by atoms with Gasteiger partial charge in [-0.2, -0.15) is 5.10 Å². The molecule has 0 amide bonds. The number of nitrogens with one attached hydrogen (secondary N) is 1. The van der Waals surface area contributed by atoms with Gasteiger partial charge >= 0.3 is 0 Å². The second-order valence-corrected chi connectivity index (χ2v) is 3.97. The second-order valence-electron chi connectivity index (χ2n) is 3.97. The van der Waals surface area contributed by atoms with E-state index in [0.717, 1.165) is 18.5 Å². The minimum Gasteiger partial charge on any atom is -0.306 e. The van der Waals surface area contributed by atoms with E-state index in [1.165, 1.54) is 19.4 Å². The summed E-state index contributed by atoms with van der Waals surface area (Å²) in [4.78, 5) is 12.8. The number of H-pyrrole nitrogens is 1. The molecular formula is C10H15N3O. The van der Waals surface area contributed by atoms with Crippen LogP contribution in [0.15, 0.2) is 6.07 Å². The van der Waals surface area contributed by atoms with Gasteiger partial charge in [-0.25, -0.2) is 0 Å². The van der Waals surface area contributed by atoms with Gasteiger partial charge in [0.05, 0.1) is 0 Å². The fourth-order valence-corrected chi connectivity index (χ4v) is 2.04. The predicted octanol–water partition coefficient (Wildman–Crippen LogP) is 1.03. The van der Waals surface area contributed by atoms with Crippen LogP contribution in [0.25, 0.3) is 0 Å². The molecular weight excluding hydrogens is 178 g/mol. The Morgan fingerprint density at radius 1 is 1.71 bits per heavy atom. The summed E-state index contributed by atoms with van der Waals surface area (Å²) in [6.45, 7) is 2.23. The summed E-state index contributed by atoms with van der Waals surface area (Å²) in [5, 5.41) is 6.86. The van der Waals surface area contributed by atoms with Crippen molar-refractivity contribution in [2.75, 3.05) is 20.1 Å². The highest BCUT2D eigenvalue weighted by molar-refractivity contribution is 5.71. The molecule has 0 aliphatic carbocycles. The van der Waals surface area contributed by atoms with Crippen molar-refractivity contribution in [2.45, 2.75) is 18.8 Å². The zero-order chi connectivity index (χ0) is 9.97. The molecule has 2 rings (SSSR count). The Hall–Kier alpha value is -1.16. The van der Waals surface area contributed by atoms with E-state index in [1.54, 1.807) is 0 Å². The average Bonchev–Trinajstić information content (AvgIpc) is 2.66. The Bertz CT molecular complexity index is 321. The van der Waals surface area contributed by atoms with Gasteiger partial charge in [0.15, 0.2) is 6.29 Å². The maximum Gasteiger partial charge on any atom is 0.170 e. The molecule has 1 saturated heterocycles. The number of aromatic nitrogens is 2. The number of aromatic amines is 1. The number of hydrogen-bond donors (Lipinski definition) is 1. The van der Waals surface area contributed by atoms with E-state index in [4.69, 9.17) is 0 Å². The third-order valence-electron chi connectivity index (χ3n) is 2.80. The molecule has 4 heteroatoms. The average molecular weight is 193 g/mol. The van der Waals surface area contributed by atoms with Crippen LogP contribution in [0.2, 0.25) is 0 Å². The molecule has 0 radical (unpaired) electrons. The first-order valence-corrected chi connectivity index (χ1v) is 4.98. The van der Waals surface area contributed by atoms with E-state index in [0.29, 0.717) is 11.6 Å². The summed E-state index contributed by atoms with van der Waals surface area (Å²) in [7, 11) is 2.13. The van der Waals surface area contributed by atoms with Crippen LogP contribution < -0.4 is 0 Å². The van der Waals surface area contributed by atoms with Crippen LogP contribution in [-0.2, 0) is 0 Å². The van der Waals surface area contributed by atoms with E-state index in [2.05, 4.69) is 22.1 Å². The summed E-state index contributed by atoms with van der Waals surface area (Å²) in [6.07, 6.45) is 3.19. The lowest BCUT2D eigenvalue weighted by atomic mass is 9.95. The SMILES string of the molecule is CN1CCCC(c2cc(C=O)n[nH]2)C1. The molecule has 2 heterocycles. The van der Waals surface area contributed by atoms with E-state index in [1.807, 2.05) is 6.07 Å². The topological polar surface area (TPSA) is 49.0 Å². The maximum absolute atomic E-state index is 10.5. The van der Waals surface area contributed by atoms with Crippen LogP contribution in [0.4, 0.5) is 0 Å². The summed E-state index contributed by atoms with van der Waals surface area (Å²) < 4.78 is 0. The van der Waals surface area contributed by atoms with Crippen LogP contribution >= 0.6 is 0 Å². The van der Waals surface area contributed by atoms with Gasteiger partial charge in [-0.3, -0.25) is 9.89 Å². The highest BCUT2D eigenvalue weighted by Gasteiger charge is 2.20. The van der Waals surface area contributed by atoms with Crippen LogP contribution in [0.3, 0.4) is 0 Å². The Kier molecular flexibility index (Phi) is 2.63. The normalized spacial score (nSPS) is 23.6. The number of carbonyl (C=O) groups excluding carboxylic acids is 1. The Balaban J connectivity index is 2.09. The van der Waals surface area contributed by atoms with Crippen molar-refractivity contribution in [3.63, 3.8) is 0 Å². The quantitative estimate of drug-likeness (QED) is 0.714. The van der Waals surface area contributed by atoms with Crippen molar-refractivity contribution in [3.8, 4) is 0 Å². The molecule has 1 fully saturated rings. The molecule has 1 aliphatic heterocycles. The Morgan fingerprint density at radius 3 is 3.21 bits per heavy atom. The van der Waals surface area contributed by atoms with Crippen molar-refractivity contribution in [1.82, 2.24) is 15.1 Å². The third kappa shape index (κ3) is 1.85. The molecule has 0 saturated carbocycles. The molecule has 1 N–H and O–H groups in total. The van der Waals surface area contributed by atoms with Gasteiger partial charge < -0.3 is 4.90 Å². The van der Waals surface area contributed by atoms with Crippen molar-refractivity contribution >= 4 is 6.29 Å². The molecule has 1 aliphatic rings. The highest BCUT2D eigenvalue weighted by Crippen LogP contribution is 2.24. The lowest BCUT2D eigenvalue weighted by Gasteiger charge is -2.28. The van der Waals surface area contributed by atoms with Crippen molar-refractivity contribution in [3.05, 3.63) is 17.5 Å². The molecule has 1 atom stereocenters. The minimum atomic E-state index is 0.508. The molecule has 76 valence electrons. The first kappa shape index (κ1) is 9.40. The third-order valence-corrected chi connectivity index (χ3v) is 2.80. The Labute approximate surface area is 83.3 Å². The summed E-state index contributed by atoms with van der Waals surface area (Å²) in [6, 6.07) is 1.86. The number of hydrogen-bond acceptors (Lipinski definition) is 3. The van der Waals surface area contributed by atoms with Crippen molar-refractivity contribution in [1.29, 1.82) is 0 Å². The van der Waals surface area contributed by atoms with E-state index < -0.39 is 0 Å². The fraction of sp³-hybridized carbons (Fsp3) is 0.600. The number of nitrogens with zero attached hydrogens (tertiary/aromatic N) is 2. The lowest BCUT2D eigenvalue weighted by Crippen LogP contribution is -2.30. The monoisotopic (exact) mass is 193 g/mol. The van der Waals surface area contributed by atoms with Crippen LogP contribution in [-0.4, -0.2) is 41.5 Å². The lowest BCUT2D eigenvalue weighted by molar-refractivity contribution is 0.111. The van der Waals surface area contributed by atoms with Gasteiger partial charge in [-0.15, -0.1) is 0 Å². The molecule has 1 aromatic heterocycles. The van der Waals surface area contributed by atoms with Crippen molar-refractivity contribution < 1.29 is 4.79 Å². The fourth-order valence-electron chi connectivity index (χ4n) is 2.04. The molecule has 0 bridgehead atoms. The number of rotatable bonds is 2. The van der Waals surface area contributed by atoms with Crippen LogP contribution in [0, 0.1) is 0 Å². The van der Waals surface area contributed by atoms with Gasteiger partial charge in [-0.05, 0) is 32.5 Å². The van der Waals surface area contributed by atoms with Crippen LogP contribution in [0.5, 0.6) is 0 Å². The largest absolute Gasteiger partial charge is 0.306 e. The molecule has 1 aromatic rings. The minimum absolute atomic E-state index is 0.508. The maximum atomic E-state index is 10.5. The summed E-state index contributed by atoms with van der Waals surface area (Å²) in [5.41, 5.74) is 1.60. The van der Waals surface area contributed by atoms with E-state index >= 15 is 0 Å². The van der Waals surface area contributed by atoms with Gasteiger partial charge in [0.1, 0.15) is 5.69 Å². The van der Waals surface area contributed by atoms with Gasteiger partial charge in [0.2, 0.25) is 0 Å². The zero-order valence-electron chi connectivity index (χ0n) is 8.36. The molecule has 1 unspecified atom stereocenters. The van der Waals surface area contributed by atoms with Gasteiger partial charge in [0.25, 0.3) is 0 Å². The van der Waals surface area contributed by atoms with Gasteiger partial charge in [0, 0.05) is 18.2 Å². The smallest absolute Gasteiger partial charge is 0.170 e. The van der Waals surface area contributed by atoms with Crippen molar-refractivity contribution in [2.24, 2.45) is 0 Å². The predicted molar refractivity (Wildman–Crippen MR) is 53.4 cm³/mol. The molecule has 0 aromatic carbocycles. The highest BCUT2D eigenvalue weighted by atomic mass is 16.1. The number of aldehydes is 1. The standard InChI is InChI=1S/C10H15N3O/c1-13-4-2-3-8(6-13)10-5-9(7-14)11-12-10/h5,7-8H,2-4,6H2,1H3,(H,11,12). The van der Waals surface area contributed by atoms with Gasteiger partial charge in [-0.1, -0.05) is 0 Å². The Morgan fingerprint density at radius 2 is 2.57 bits per heavy atom. The second kappa shape index (κ2) is 3.92. The van der Waals surface area contributed by atoms with E-state index in [9.17, 15) is 4.79 Å². The number of likely N-dealkylation sites (N-methyl/N-ethyl adjacent to an activating group) is 1. The first-order valence-electron chi connectivity index (χ1n) is 4.98.